The molecule has 1 amide bonds. The summed E-state index contributed by atoms with van der Waals surface area (Å²) in [7, 11) is 0. The van der Waals surface area contributed by atoms with Crippen LogP contribution in [0.2, 0.25) is 5.02 Å². The number of aryl methyl sites for hydroxylation is 1. The van der Waals surface area contributed by atoms with Crippen molar-refractivity contribution >= 4 is 39.7 Å². The molecule has 3 aromatic carbocycles. The van der Waals surface area contributed by atoms with Gasteiger partial charge >= 0.3 is 0 Å². The number of hydrogen-bond donors (Lipinski definition) is 1. The number of rotatable bonds is 8. The Morgan fingerprint density at radius 2 is 1.97 bits per heavy atom. The Hall–Kier alpha value is -2.90. The summed E-state index contributed by atoms with van der Waals surface area (Å²) < 4.78 is 26.0. The van der Waals surface area contributed by atoms with Gasteiger partial charge in [0.05, 0.1) is 17.3 Å². The van der Waals surface area contributed by atoms with E-state index in [4.69, 9.17) is 21.1 Å². The van der Waals surface area contributed by atoms with Crippen LogP contribution in [0.15, 0.2) is 64.2 Å². The van der Waals surface area contributed by atoms with Crippen LogP contribution in [0.1, 0.15) is 34.0 Å². The van der Waals surface area contributed by atoms with Crippen molar-refractivity contribution in [3.8, 4) is 11.5 Å². The van der Waals surface area contributed by atoms with Gasteiger partial charge in [-0.3, -0.25) is 4.79 Å². The minimum absolute atomic E-state index is 0.0496. The number of ether oxygens (including phenoxy) is 2. The third kappa shape index (κ3) is 6.08. The van der Waals surface area contributed by atoms with Crippen molar-refractivity contribution in [2.24, 2.45) is 5.10 Å². The van der Waals surface area contributed by atoms with E-state index in [-0.39, 0.29) is 18.3 Å². The summed E-state index contributed by atoms with van der Waals surface area (Å²) in [5, 5.41) is 4.52. The zero-order valence-corrected chi connectivity index (χ0v) is 19.8. The van der Waals surface area contributed by atoms with Crippen LogP contribution >= 0.6 is 27.5 Å². The Kier molecular flexibility index (Phi) is 8.25. The van der Waals surface area contributed by atoms with Crippen molar-refractivity contribution in [2.75, 3.05) is 6.61 Å². The molecule has 0 saturated heterocycles. The summed E-state index contributed by atoms with van der Waals surface area (Å²) in [4.78, 5) is 12.3. The fraction of sp³-hybridized carbons (Fsp3) is 0.167. The maximum atomic E-state index is 13.9. The molecule has 5 nitrogen and oxygen atoms in total. The van der Waals surface area contributed by atoms with Crippen molar-refractivity contribution in [3.63, 3.8) is 0 Å². The van der Waals surface area contributed by atoms with E-state index in [0.29, 0.717) is 44.3 Å². The molecule has 0 aliphatic rings. The largest absolute Gasteiger partial charge is 0.490 e. The molecule has 0 radical (unpaired) electrons. The van der Waals surface area contributed by atoms with Crippen LogP contribution in [-0.4, -0.2) is 18.7 Å². The van der Waals surface area contributed by atoms with Gasteiger partial charge < -0.3 is 9.47 Å². The summed E-state index contributed by atoms with van der Waals surface area (Å²) in [6.45, 7) is 4.17. The first kappa shape index (κ1) is 23.8. The summed E-state index contributed by atoms with van der Waals surface area (Å²) in [5.74, 6) is 0.204. The zero-order valence-electron chi connectivity index (χ0n) is 17.5. The number of nitrogens with zero attached hydrogens (tertiary/aromatic N) is 1. The van der Waals surface area contributed by atoms with Crippen molar-refractivity contribution in [3.05, 3.63) is 92.2 Å². The third-order valence-corrected chi connectivity index (χ3v) is 5.47. The Morgan fingerprint density at radius 1 is 1.19 bits per heavy atom. The number of benzene rings is 3. The van der Waals surface area contributed by atoms with Gasteiger partial charge in [-0.1, -0.05) is 35.9 Å². The van der Waals surface area contributed by atoms with E-state index >= 15 is 0 Å². The van der Waals surface area contributed by atoms with Crippen LogP contribution in [0, 0.1) is 12.7 Å². The molecule has 0 aliphatic carbocycles. The van der Waals surface area contributed by atoms with E-state index in [1.54, 1.807) is 48.5 Å². The maximum Gasteiger partial charge on any atom is 0.271 e. The highest BCUT2D eigenvalue weighted by Gasteiger charge is 2.13. The molecule has 0 bridgehead atoms. The van der Waals surface area contributed by atoms with Gasteiger partial charge in [0, 0.05) is 16.1 Å². The number of hydrazone groups is 1. The van der Waals surface area contributed by atoms with Gasteiger partial charge in [0.2, 0.25) is 0 Å². The molecule has 0 aromatic heterocycles. The maximum absolute atomic E-state index is 13.9. The SMILES string of the molecule is CCOc1cc(/C=N\NC(=O)c2ccc(C)c(Cl)c2)cc(Br)c1OCc1ccccc1F. The smallest absolute Gasteiger partial charge is 0.271 e. The molecule has 0 aliphatic heterocycles. The van der Waals surface area contributed by atoms with Crippen molar-refractivity contribution in [2.45, 2.75) is 20.5 Å². The molecule has 0 spiro atoms. The highest BCUT2D eigenvalue weighted by molar-refractivity contribution is 9.10. The lowest BCUT2D eigenvalue weighted by Crippen LogP contribution is -2.17. The highest BCUT2D eigenvalue weighted by Crippen LogP contribution is 2.37. The number of nitrogens with one attached hydrogen (secondary N) is 1. The summed E-state index contributed by atoms with van der Waals surface area (Å²) in [6, 6.07) is 14.9. The molecule has 3 rings (SSSR count). The van der Waals surface area contributed by atoms with Crippen molar-refractivity contribution < 1.29 is 18.7 Å². The topological polar surface area (TPSA) is 59.9 Å². The molecular formula is C24H21BrClFN2O3. The number of amides is 1. The lowest BCUT2D eigenvalue weighted by Gasteiger charge is -2.15. The Morgan fingerprint density at radius 3 is 2.69 bits per heavy atom. The molecule has 0 unspecified atom stereocenters. The Labute approximate surface area is 199 Å². The fourth-order valence-electron chi connectivity index (χ4n) is 2.79. The predicted molar refractivity (Wildman–Crippen MR) is 127 cm³/mol. The van der Waals surface area contributed by atoms with E-state index in [9.17, 15) is 9.18 Å². The monoisotopic (exact) mass is 518 g/mol. The average Bonchev–Trinajstić information content (AvgIpc) is 2.76. The van der Waals surface area contributed by atoms with E-state index in [2.05, 4.69) is 26.5 Å². The molecule has 0 fully saturated rings. The van der Waals surface area contributed by atoms with Crippen LogP contribution in [0.5, 0.6) is 11.5 Å². The van der Waals surface area contributed by atoms with Crippen LogP contribution in [-0.2, 0) is 6.61 Å². The second kappa shape index (κ2) is 11.1. The predicted octanol–water partition coefficient (Wildman–Crippen LogP) is 6.29. The lowest BCUT2D eigenvalue weighted by atomic mass is 10.1. The van der Waals surface area contributed by atoms with Gasteiger partial charge in [0.15, 0.2) is 11.5 Å². The second-order valence-electron chi connectivity index (χ2n) is 6.81. The molecule has 166 valence electrons. The van der Waals surface area contributed by atoms with E-state index in [1.807, 2.05) is 13.8 Å². The number of halogens is 3. The van der Waals surface area contributed by atoms with Crippen LogP contribution in [0.4, 0.5) is 4.39 Å². The summed E-state index contributed by atoms with van der Waals surface area (Å²) in [5.41, 5.74) is 4.87. The van der Waals surface area contributed by atoms with Gasteiger partial charge in [0.1, 0.15) is 12.4 Å². The molecule has 1 N–H and O–H groups in total. The fourth-order valence-corrected chi connectivity index (χ4v) is 3.55. The summed E-state index contributed by atoms with van der Waals surface area (Å²) >= 11 is 9.54. The Balaban J connectivity index is 1.73. The lowest BCUT2D eigenvalue weighted by molar-refractivity contribution is 0.0955. The zero-order chi connectivity index (χ0) is 23.1. The van der Waals surface area contributed by atoms with Gasteiger partial charge in [-0.25, -0.2) is 9.82 Å². The minimum Gasteiger partial charge on any atom is -0.490 e. The molecule has 0 heterocycles. The second-order valence-corrected chi connectivity index (χ2v) is 8.07. The van der Waals surface area contributed by atoms with Crippen LogP contribution < -0.4 is 14.9 Å². The Bertz CT molecular complexity index is 1150. The standard InChI is InChI=1S/C24H21BrClFN2O3/c1-3-31-22-11-16(13-28-29-24(30)17-9-8-15(2)20(26)12-17)10-19(25)23(22)32-14-18-6-4-5-7-21(18)27/h4-13H,3,14H2,1-2H3,(H,29,30)/b28-13-. The number of carbonyl (C=O) groups is 1. The first-order chi connectivity index (χ1) is 15.4. The minimum atomic E-state index is -0.378. The average molecular weight is 520 g/mol. The van der Waals surface area contributed by atoms with Gasteiger partial charge in [0.25, 0.3) is 5.91 Å². The quantitative estimate of drug-likeness (QED) is 0.281. The molecule has 8 heteroatoms. The van der Waals surface area contributed by atoms with Crippen LogP contribution in [0.3, 0.4) is 0 Å². The van der Waals surface area contributed by atoms with E-state index < -0.39 is 0 Å². The van der Waals surface area contributed by atoms with Gasteiger partial charge in [-0.05, 0) is 71.2 Å². The molecule has 32 heavy (non-hydrogen) atoms. The first-order valence-corrected chi connectivity index (χ1v) is 11.0. The molecule has 0 atom stereocenters. The van der Waals surface area contributed by atoms with Gasteiger partial charge in [-0.2, -0.15) is 5.10 Å². The highest BCUT2D eigenvalue weighted by atomic mass is 79.9. The normalized spacial score (nSPS) is 10.9. The molecule has 3 aromatic rings. The number of carbonyl (C=O) groups excluding carboxylic acids is 1. The van der Waals surface area contributed by atoms with E-state index in [1.165, 1.54) is 12.3 Å². The third-order valence-electron chi connectivity index (χ3n) is 4.48. The summed E-state index contributed by atoms with van der Waals surface area (Å²) in [6.07, 6.45) is 1.49. The first-order valence-electron chi connectivity index (χ1n) is 9.81. The molecule has 0 saturated carbocycles. The number of hydrogen-bond acceptors (Lipinski definition) is 4. The van der Waals surface area contributed by atoms with Gasteiger partial charge in [-0.15, -0.1) is 0 Å². The molecular weight excluding hydrogens is 499 g/mol. The van der Waals surface area contributed by atoms with Crippen molar-refractivity contribution in [1.82, 2.24) is 5.43 Å². The van der Waals surface area contributed by atoms with Crippen LogP contribution in [0.25, 0.3) is 0 Å². The van der Waals surface area contributed by atoms with Crippen molar-refractivity contribution in [1.29, 1.82) is 0 Å². The van der Waals surface area contributed by atoms with E-state index in [0.717, 1.165) is 5.56 Å².